The van der Waals surface area contributed by atoms with Crippen LogP contribution >= 0.6 is 0 Å². The zero-order valence-electron chi connectivity index (χ0n) is 6.77. The molecule has 0 saturated carbocycles. The molecule has 1 aliphatic heterocycles. The highest BCUT2D eigenvalue weighted by atomic mass is 16.5. The molecule has 0 bridgehead atoms. The van der Waals surface area contributed by atoms with E-state index in [9.17, 15) is 0 Å². The van der Waals surface area contributed by atoms with Crippen LogP contribution in [0.4, 0.5) is 0 Å². The Balaban J connectivity index is 2.53. The molecule has 0 atom stereocenters. The molecule has 0 amide bonds. The smallest absolute Gasteiger partial charge is 0.135 e. The standard InChI is InChI=1S/C10H6N2O/c11-6-8-1-2-10-9(5-8)7-12-3-4-13-10/h1-5,7H. The van der Waals surface area contributed by atoms with E-state index in [1.807, 2.05) is 0 Å². The average Bonchev–Trinajstić information content (AvgIpc) is 2.41. The van der Waals surface area contributed by atoms with E-state index in [0.29, 0.717) is 5.56 Å². The predicted octanol–water partition coefficient (Wildman–Crippen LogP) is 1.84. The van der Waals surface area contributed by atoms with Crippen molar-refractivity contribution < 1.29 is 4.74 Å². The summed E-state index contributed by atoms with van der Waals surface area (Å²) in [4.78, 5) is 3.95. The quantitative estimate of drug-likeness (QED) is 0.596. The molecule has 13 heavy (non-hydrogen) atoms. The Bertz CT molecular complexity index is 427. The number of benzene rings is 1. The highest BCUT2D eigenvalue weighted by molar-refractivity contribution is 5.85. The number of aliphatic imine (C=N–C) groups is 1. The summed E-state index contributed by atoms with van der Waals surface area (Å²) in [5.74, 6) is 0.719. The van der Waals surface area contributed by atoms with Crippen LogP contribution in [0.25, 0.3) is 0 Å². The highest BCUT2D eigenvalue weighted by Gasteiger charge is 2.03. The zero-order chi connectivity index (χ0) is 9.10. The summed E-state index contributed by atoms with van der Waals surface area (Å²) in [5.41, 5.74) is 1.43. The molecule has 3 nitrogen and oxygen atoms in total. The number of hydrogen-bond donors (Lipinski definition) is 0. The van der Waals surface area contributed by atoms with Crippen molar-refractivity contribution in [2.45, 2.75) is 0 Å². The lowest BCUT2D eigenvalue weighted by Gasteiger charge is -2.01. The SMILES string of the molecule is N#Cc1ccc2c(c1)C=NC=CO2. The zero-order valence-corrected chi connectivity index (χ0v) is 6.77. The first kappa shape index (κ1) is 7.56. The molecule has 1 heterocycles. The predicted molar refractivity (Wildman–Crippen MR) is 48.5 cm³/mol. The molecule has 0 spiro atoms. The maximum atomic E-state index is 8.66. The topological polar surface area (TPSA) is 45.4 Å². The van der Waals surface area contributed by atoms with Gasteiger partial charge in [0.15, 0.2) is 0 Å². The van der Waals surface area contributed by atoms with Gasteiger partial charge in [0.1, 0.15) is 12.0 Å². The van der Waals surface area contributed by atoms with Crippen molar-refractivity contribution in [3.8, 4) is 11.8 Å². The Morgan fingerprint density at radius 2 is 2.31 bits per heavy atom. The van der Waals surface area contributed by atoms with Gasteiger partial charge < -0.3 is 4.74 Å². The fourth-order valence-electron chi connectivity index (χ4n) is 1.09. The Labute approximate surface area is 75.6 Å². The average molecular weight is 170 g/mol. The number of fused-ring (bicyclic) bond motifs is 1. The van der Waals surface area contributed by atoms with Gasteiger partial charge in [-0.3, -0.25) is 4.99 Å². The third kappa shape index (κ3) is 1.42. The van der Waals surface area contributed by atoms with Crippen molar-refractivity contribution in [2.24, 2.45) is 4.99 Å². The van der Waals surface area contributed by atoms with Gasteiger partial charge in [-0.2, -0.15) is 5.26 Å². The summed E-state index contributed by atoms with van der Waals surface area (Å²) in [5, 5.41) is 8.66. The van der Waals surface area contributed by atoms with E-state index in [0.717, 1.165) is 11.3 Å². The molecule has 0 aromatic heterocycles. The first-order valence-electron chi connectivity index (χ1n) is 3.79. The molecule has 0 radical (unpaired) electrons. The van der Waals surface area contributed by atoms with Crippen LogP contribution in [0.15, 0.2) is 35.7 Å². The first-order valence-corrected chi connectivity index (χ1v) is 3.79. The van der Waals surface area contributed by atoms with Crippen LogP contribution in [0.5, 0.6) is 5.75 Å². The lowest BCUT2D eigenvalue weighted by Crippen LogP contribution is -1.88. The van der Waals surface area contributed by atoms with Crippen molar-refractivity contribution in [1.82, 2.24) is 0 Å². The minimum atomic E-state index is 0.607. The van der Waals surface area contributed by atoms with Gasteiger partial charge in [0.05, 0.1) is 17.8 Å². The van der Waals surface area contributed by atoms with E-state index in [2.05, 4.69) is 11.1 Å². The van der Waals surface area contributed by atoms with Crippen LogP contribution < -0.4 is 4.74 Å². The molecular formula is C10H6N2O. The van der Waals surface area contributed by atoms with Gasteiger partial charge >= 0.3 is 0 Å². The third-order valence-electron chi connectivity index (χ3n) is 1.69. The van der Waals surface area contributed by atoms with Crippen LogP contribution in [0.2, 0.25) is 0 Å². The summed E-state index contributed by atoms with van der Waals surface area (Å²) >= 11 is 0. The van der Waals surface area contributed by atoms with Gasteiger partial charge in [0.25, 0.3) is 0 Å². The highest BCUT2D eigenvalue weighted by Crippen LogP contribution is 2.19. The first-order chi connectivity index (χ1) is 6.40. The number of rotatable bonds is 0. The van der Waals surface area contributed by atoms with Crippen LogP contribution in [0.3, 0.4) is 0 Å². The second kappa shape index (κ2) is 3.11. The molecule has 0 N–H and O–H groups in total. The van der Waals surface area contributed by atoms with Crippen molar-refractivity contribution in [2.75, 3.05) is 0 Å². The Kier molecular flexibility index (Phi) is 1.81. The van der Waals surface area contributed by atoms with E-state index in [4.69, 9.17) is 10.00 Å². The van der Waals surface area contributed by atoms with Crippen molar-refractivity contribution in [3.05, 3.63) is 41.8 Å². The molecule has 0 saturated heterocycles. The molecule has 1 aliphatic rings. The number of hydrogen-bond acceptors (Lipinski definition) is 3. The van der Waals surface area contributed by atoms with Crippen LogP contribution in [-0.2, 0) is 0 Å². The molecule has 0 fully saturated rings. The third-order valence-corrected chi connectivity index (χ3v) is 1.69. The largest absolute Gasteiger partial charge is 0.463 e. The van der Waals surface area contributed by atoms with E-state index in [-0.39, 0.29) is 0 Å². The number of nitrogens with zero attached hydrogens (tertiary/aromatic N) is 2. The summed E-state index contributed by atoms with van der Waals surface area (Å²) in [7, 11) is 0. The van der Waals surface area contributed by atoms with E-state index in [1.165, 1.54) is 6.26 Å². The van der Waals surface area contributed by atoms with Gasteiger partial charge in [-0.15, -0.1) is 0 Å². The molecule has 1 aromatic carbocycles. The molecule has 0 unspecified atom stereocenters. The van der Waals surface area contributed by atoms with Crippen LogP contribution in [0.1, 0.15) is 11.1 Å². The molecule has 2 rings (SSSR count). The van der Waals surface area contributed by atoms with Crippen LogP contribution in [-0.4, -0.2) is 6.21 Å². The van der Waals surface area contributed by atoms with Crippen LogP contribution in [0, 0.1) is 11.3 Å². The fourth-order valence-corrected chi connectivity index (χ4v) is 1.09. The lowest BCUT2D eigenvalue weighted by atomic mass is 10.1. The van der Waals surface area contributed by atoms with Gasteiger partial charge in [0, 0.05) is 11.8 Å². The van der Waals surface area contributed by atoms with E-state index < -0.39 is 0 Å². The maximum Gasteiger partial charge on any atom is 0.135 e. The summed E-state index contributed by atoms with van der Waals surface area (Å²) in [6.45, 7) is 0. The van der Waals surface area contributed by atoms with Gasteiger partial charge in [0.2, 0.25) is 0 Å². The number of ether oxygens (including phenoxy) is 1. The van der Waals surface area contributed by atoms with E-state index >= 15 is 0 Å². The van der Waals surface area contributed by atoms with Crippen molar-refractivity contribution >= 4 is 6.21 Å². The molecule has 0 aliphatic carbocycles. The number of nitriles is 1. The second-order valence-electron chi connectivity index (χ2n) is 2.55. The molecule has 62 valence electrons. The molecular weight excluding hydrogens is 164 g/mol. The second-order valence-corrected chi connectivity index (χ2v) is 2.55. The van der Waals surface area contributed by atoms with Gasteiger partial charge in [-0.1, -0.05) is 0 Å². The minimum absolute atomic E-state index is 0.607. The Morgan fingerprint density at radius 3 is 3.15 bits per heavy atom. The summed E-state index contributed by atoms with van der Waals surface area (Å²) in [6.07, 6.45) is 4.74. The normalized spacial score (nSPS) is 12.5. The Hall–Kier alpha value is -2.08. The summed E-state index contributed by atoms with van der Waals surface area (Å²) < 4.78 is 5.23. The van der Waals surface area contributed by atoms with Crippen molar-refractivity contribution in [3.63, 3.8) is 0 Å². The Morgan fingerprint density at radius 1 is 1.38 bits per heavy atom. The maximum absolute atomic E-state index is 8.66. The van der Waals surface area contributed by atoms with E-state index in [1.54, 1.807) is 30.6 Å². The lowest BCUT2D eigenvalue weighted by molar-refractivity contribution is 0.480. The summed E-state index contributed by atoms with van der Waals surface area (Å²) in [6, 6.07) is 7.28. The van der Waals surface area contributed by atoms with Gasteiger partial charge in [-0.25, -0.2) is 0 Å². The van der Waals surface area contributed by atoms with Gasteiger partial charge in [-0.05, 0) is 18.2 Å². The van der Waals surface area contributed by atoms with Crippen molar-refractivity contribution in [1.29, 1.82) is 5.26 Å². The minimum Gasteiger partial charge on any atom is -0.463 e. The fraction of sp³-hybridized carbons (Fsp3) is 0. The molecule has 3 heteroatoms. The molecule has 1 aromatic rings. The monoisotopic (exact) mass is 170 g/mol.